The van der Waals surface area contributed by atoms with E-state index in [9.17, 15) is 4.79 Å². The molecule has 1 saturated carbocycles. The molecule has 1 aromatic carbocycles. The second-order valence-corrected chi connectivity index (χ2v) is 5.76. The van der Waals surface area contributed by atoms with Crippen LogP contribution in [0.3, 0.4) is 0 Å². The quantitative estimate of drug-likeness (QED) is 0.602. The summed E-state index contributed by atoms with van der Waals surface area (Å²) < 4.78 is 6.04. The van der Waals surface area contributed by atoms with Gasteiger partial charge < -0.3 is 4.74 Å². The number of carbonyl (C=O) groups is 1. The molecule has 0 unspecified atom stereocenters. The highest BCUT2D eigenvalue weighted by atomic mass is 79.9. The number of ether oxygens (including phenoxy) is 1. The Hall–Kier alpha value is -0.830. The van der Waals surface area contributed by atoms with Crippen molar-refractivity contribution >= 4 is 21.7 Å². The Kier molecular flexibility index (Phi) is 4.81. The summed E-state index contributed by atoms with van der Waals surface area (Å²) in [6, 6.07) is 5.61. The van der Waals surface area contributed by atoms with Crippen LogP contribution < -0.4 is 4.74 Å². The fraction of sp³-hybridized carbons (Fsp3) is 0.533. The van der Waals surface area contributed by atoms with Gasteiger partial charge in [0.25, 0.3) is 0 Å². The Balaban J connectivity index is 2.14. The van der Waals surface area contributed by atoms with Gasteiger partial charge in [0.1, 0.15) is 5.75 Å². The van der Waals surface area contributed by atoms with Crippen LogP contribution in [0.2, 0.25) is 0 Å². The average molecular weight is 311 g/mol. The Morgan fingerprint density at radius 3 is 2.44 bits per heavy atom. The van der Waals surface area contributed by atoms with Crippen molar-refractivity contribution in [1.82, 2.24) is 0 Å². The molecule has 18 heavy (non-hydrogen) atoms. The molecule has 98 valence electrons. The van der Waals surface area contributed by atoms with E-state index < -0.39 is 0 Å². The second kappa shape index (κ2) is 6.37. The smallest absolute Gasteiger partial charge is 0.165 e. The van der Waals surface area contributed by atoms with Gasteiger partial charge in [0.15, 0.2) is 5.78 Å². The van der Waals surface area contributed by atoms with Gasteiger partial charge >= 0.3 is 0 Å². The molecule has 3 heteroatoms. The Morgan fingerprint density at radius 2 is 1.89 bits per heavy atom. The SMILES string of the molecule is COc1ccc(C(=O)C2CCCCCC2)cc1Br. The zero-order chi connectivity index (χ0) is 13.0. The molecule has 2 rings (SSSR count). The number of benzene rings is 1. The zero-order valence-electron chi connectivity index (χ0n) is 10.7. The van der Waals surface area contributed by atoms with Crippen LogP contribution in [0.4, 0.5) is 0 Å². The summed E-state index contributed by atoms with van der Waals surface area (Å²) >= 11 is 3.44. The maximum absolute atomic E-state index is 12.4. The maximum Gasteiger partial charge on any atom is 0.165 e. The van der Waals surface area contributed by atoms with Crippen molar-refractivity contribution in [2.45, 2.75) is 38.5 Å². The molecule has 1 aromatic rings. The Labute approximate surface area is 117 Å². The normalized spacial score (nSPS) is 17.2. The van der Waals surface area contributed by atoms with Crippen LogP contribution in [-0.4, -0.2) is 12.9 Å². The molecule has 1 fully saturated rings. The van der Waals surface area contributed by atoms with Gasteiger partial charge in [0.05, 0.1) is 11.6 Å². The molecule has 0 radical (unpaired) electrons. The summed E-state index contributed by atoms with van der Waals surface area (Å²) in [5.74, 6) is 1.28. The number of Topliss-reactive ketones (excluding diaryl/α,β-unsaturated/α-hetero) is 1. The van der Waals surface area contributed by atoms with Crippen molar-refractivity contribution in [2.75, 3.05) is 7.11 Å². The van der Waals surface area contributed by atoms with Gasteiger partial charge in [-0.15, -0.1) is 0 Å². The minimum atomic E-state index is 0.216. The lowest BCUT2D eigenvalue weighted by molar-refractivity contribution is 0.0908. The van der Waals surface area contributed by atoms with E-state index in [4.69, 9.17) is 4.74 Å². The second-order valence-electron chi connectivity index (χ2n) is 4.90. The molecular weight excluding hydrogens is 292 g/mol. The van der Waals surface area contributed by atoms with E-state index in [1.54, 1.807) is 7.11 Å². The summed E-state index contributed by atoms with van der Waals surface area (Å²) in [6.07, 6.45) is 7.01. The van der Waals surface area contributed by atoms with Crippen molar-refractivity contribution in [3.05, 3.63) is 28.2 Å². The fourth-order valence-corrected chi connectivity index (χ4v) is 3.14. The molecule has 0 heterocycles. The number of methoxy groups -OCH3 is 1. The van der Waals surface area contributed by atoms with E-state index in [0.717, 1.165) is 28.6 Å². The van der Waals surface area contributed by atoms with E-state index in [1.807, 2.05) is 18.2 Å². The summed E-state index contributed by atoms with van der Waals surface area (Å²) in [5, 5.41) is 0. The van der Waals surface area contributed by atoms with Crippen molar-refractivity contribution in [1.29, 1.82) is 0 Å². The molecule has 1 aliphatic rings. The molecule has 0 aromatic heterocycles. The van der Waals surface area contributed by atoms with E-state index in [0.29, 0.717) is 5.78 Å². The zero-order valence-corrected chi connectivity index (χ0v) is 12.3. The molecule has 0 amide bonds. The first kappa shape index (κ1) is 13.6. The van der Waals surface area contributed by atoms with E-state index in [-0.39, 0.29) is 5.92 Å². The lowest BCUT2D eigenvalue weighted by Crippen LogP contribution is -2.14. The molecule has 0 N–H and O–H groups in total. The van der Waals surface area contributed by atoms with Gasteiger partial charge in [0.2, 0.25) is 0 Å². The summed E-state index contributed by atoms with van der Waals surface area (Å²) in [6.45, 7) is 0. The number of hydrogen-bond acceptors (Lipinski definition) is 2. The molecular formula is C15H19BrO2. The average Bonchev–Trinajstić information content (AvgIpc) is 2.66. The molecule has 0 aliphatic heterocycles. The minimum absolute atomic E-state index is 0.216. The third-order valence-corrected chi connectivity index (χ3v) is 4.28. The highest BCUT2D eigenvalue weighted by Crippen LogP contribution is 2.30. The van der Waals surface area contributed by atoms with Gasteiger partial charge in [-0.05, 0) is 47.0 Å². The molecule has 1 aliphatic carbocycles. The number of rotatable bonds is 3. The van der Waals surface area contributed by atoms with E-state index >= 15 is 0 Å². The number of halogens is 1. The summed E-state index contributed by atoms with van der Waals surface area (Å²) in [5.41, 5.74) is 0.801. The van der Waals surface area contributed by atoms with Crippen LogP contribution >= 0.6 is 15.9 Å². The first-order chi connectivity index (χ1) is 8.72. The van der Waals surface area contributed by atoms with Gasteiger partial charge in [-0.2, -0.15) is 0 Å². The topological polar surface area (TPSA) is 26.3 Å². The van der Waals surface area contributed by atoms with Gasteiger partial charge in [-0.3, -0.25) is 4.79 Å². The van der Waals surface area contributed by atoms with Crippen LogP contribution in [0.5, 0.6) is 5.75 Å². The highest BCUT2D eigenvalue weighted by Gasteiger charge is 2.21. The number of ketones is 1. The maximum atomic E-state index is 12.4. The third kappa shape index (κ3) is 3.14. The lowest BCUT2D eigenvalue weighted by Gasteiger charge is -2.13. The molecule has 0 bridgehead atoms. The van der Waals surface area contributed by atoms with Crippen LogP contribution in [-0.2, 0) is 0 Å². The predicted molar refractivity (Wildman–Crippen MR) is 76.2 cm³/mol. The summed E-state index contributed by atoms with van der Waals surface area (Å²) in [4.78, 5) is 12.4. The number of carbonyl (C=O) groups excluding carboxylic acids is 1. The lowest BCUT2D eigenvalue weighted by atomic mass is 9.91. The standard InChI is InChI=1S/C15H19BrO2/c1-18-14-9-8-12(10-13(14)16)15(17)11-6-4-2-3-5-7-11/h8-11H,2-7H2,1H3. The Morgan fingerprint density at radius 1 is 1.22 bits per heavy atom. The van der Waals surface area contributed by atoms with E-state index in [2.05, 4.69) is 15.9 Å². The minimum Gasteiger partial charge on any atom is -0.496 e. The summed E-state index contributed by atoms with van der Waals surface area (Å²) in [7, 11) is 1.63. The first-order valence-corrected chi connectivity index (χ1v) is 7.39. The molecule has 0 atom stereocenters. The van der Waals surface area contributed by atoms with Crippen molar-refractivity contribution in [3.63, 3.8) is 0 Å². The predicted octanol–water partition coefficient (Wildman–Crippen LogP) is 4.61. The first-order valence-electron chi connectivity index (χ1n) is 6.60. The van der Waals surface area contributed by atoms with Crippen LogP contribution in [0, 0.1) is 5.92 Å². The third-order valence-electron chi connectivity index (χ3n) is 3.66. The highest BCUT2D eigenvalue weighted by molar-refractivity contribution is 9.10. The Bertz CT molecular complexity index is 421. The van der Waals surface area contributed by atoms with E-state index in [1.165, 1.54) is 25.7 Å². The van der Waals surface area contributed by atoms with Crippen LogP contribution in [0.15, 0.2) is 22.7 Å². The van der Waals surface area contributed by atoms with Crippen LogP contribution in [0.25, 0.3) is 0 Å². The van der Waals surface area contributed by atoms with Gasteiger partial charge in [-0.1, -0.05) is 25.7 Å². The molecule has 0 saturated heterocycles. The largest absolute Gasteiger partial charge is 0.496 e. The van der Waals surface area contributed by atoms with Crippen molar-refractivity contribution in [3.8, 4) is 5.75 Å². The monoisotopic (exact) mass is 310 g/mol. The fourth-order valence-electron chi connectivity index (χ4n) is 2.60. The molecule has 0 spiro atoms. The number of hydrogen-bond donors (Lipinski definition) is 0. The molecule has 2 nitrogen and oxygen atoms in total. The van der Waals surface area contributed by atoms with Crippen molar-refractivity contribution < 1.29 is 9.53 Å². The van der Waals surface area contributed by atoms with Gasteiger partial charge in [0, 0.05) is 11.5 Å². The van der Waals surface area contributed by atoms with Crippen molar-refractivity contribution in [2.24, 2.45) is 5.92 Å². The van der Waals surface area contributed by atoms with Gasteiger partial charge in [-0.25, -0.2) is 0 Å². The van der Waals surface area contributed by atoms with Crippen LogP contribution in [0.1, 0.15) is 48.9 Å².